The van der Waals surface area contributed by atoms with Crippen LogP contribution in [0.25, 0.3) is 0 Å². The van der Waals surface area contributed by atoms with E-state index >= 15 is 0 Å². The van der Waals surface area contributed by atoms with Crippen LogP contribution >= 0.6 is 0 Å². The number of ether oxygens (including phenoxy) is 2. The molecule has 0 saturated carbocycles. The van der Waals surface area contributed by atoms with Crippen molar-refractivity contribution < 1.29 is 19.4 Å². The molecule has 0 spiro atoms. The van der Waals surface area contributed by atoms with Crippen molar-refractivity contribution in [1.29, 1.82) is 0 Å². The topological polar surface area (TPSA) is 67.8 Å². The van der Waals surface area contributed by atoms with Crippen molar-refractivity contribution in [1.82, 2.24) is 5.32 Å². The first-order chi connectivity index (χ1) is 12.2. The van der Waals surface area contributed by atoms with Crippen molar-refractivity contribution in [2.45, 2.75) is 39.4 Å². The first-order valence-electron chi connectivity index (χ1n) is 9.08. The van der Waals surface area contributed by atoms with Crippen molar-refractivity contribution in [2.24, 2.45) is 11.8 Å². The van der Waals surface area contributed by atoms with E-state index in [9.17, 15) is 4.79 Å². The van der Waals surface area contributed by atoms with Crippen LogP contribution in [-0.2, 0) is 20.7 Å². The summed E-state index contributed by atoms with van der Waals surface area (Å²) in [4.78, 5) is 12.4. The van der Waals surface area contributed by atoms with Crippen molar-refractivity contribution in [3.8, 4) is 0 Å². The maximum absolute atomic E-state index is 12.4. The predicted octanol–water partition coefficient (Wildman–Crippen LogP) is 2.65. The Bertz CT molecular complexity index is 558. The molecule has 0 fully saturated rings. The Hall–Kier alpha value is -1.85. The molecule has 1 aliphatic heterocycles. The third kappa shape index (κ3) is 5.87. The lowest BCUT2D eigenvalue weighted by Gasteiger charge is -2.35. The molecule has 0 saturated heterocycles. The van der Waals surface area contributed by atoms with Gasteiger partial charge in [0.1, 0.15) is 0 Å². The van der Waals surface area contributed by atoms with Gasteiger partial charge in [-0.1, -0.05) is 37.3 Å². The first-order valence-corrected chi connectivity index (χ1v) is 9.08. The van der Waals surface area contributed by atoms with Gasteiger partial charge in [0, 0.05) is 25.7 Å². The second-order valence-corrected chi connectivity index (χ2v) is 6.35. The van der Waals surface area contributed by atoms with Gasteiger partial charge in [0.05, 0.1) is 0 Å². The molecule has 0 radical (unpaired) electrons. The summed E-state index contributed by atoms with van der Waals surface area (Å²) in [7, 11) is 0. The zero-order chi connectivity index (χ0) is 18.1. The Balaban J connectivity index is 1.91. The second kappa shape index (κ2) is 10.2. The van der Waals surface area contributed by atoms with E-state index < -0.39 is 6.29 Å². The number of rotatable bonds is 9. The van der Waals surface area contributed by atoms with Crippen LogP contribution in [0, 0.1) is 11.8 Å². The minimum Gasteiger partial charge on any atom is -0.459 e. The van der Waals surface area contributed by atoms with Crippen LogP contribution in [0.1, 0.15) is 32.3 Å². The number of aliphatic hydroxyl groups is 1. The molecule has 1 aromatic rings. The SMILES string of the molecule is CCO[C@@H]1OC(C(=O)NCCc2ccccc2)=C[C@H](C)[C@H]1CCCO. The van der Waals surface area contributed by atoms with Gasteiger partial charge in [-0.3, -0.25) is 4.79 Å². The van der Waals surface area contributed by atoms with Gasteiger partial charge in [-0.25, -0.2) is 0 Å². The van der Waals surface area contributed by atoms with Gasteiger partial charge >= 0.3 is 0 Å². The molecule has 1 amide bonds. The lowest BCUT2D eigenvalue weighted by molar-refractivity contribution is -0.171. The highest BCUT2D eigenvalue weighted by molar-refractivity contribution is 5.91. The minimum atomic E-state index is -0.438. The van der Waals surface area contributed by atoms with Gasteiger partial charge in [0.25, 0.3) is 5.91 Å². The number of hydrogen-bond donors (Lipinski definition) is 2. The summed E-state index contributed by atoms with van der Waals surface area (Å²) in [5.41, 5.74) is 1.19. The highest BCUT2D eigenvalue weighted by Gasteiger charge is 2.34. The molecule has 25 heavy (non-hydrogen) atoms. The summed E-state index contributed by atoms with van der Waals surface area (Å²) >= 11 is 0. The third-order valence-electron chi connectivity index (χ3n) is 4.47. The number of carbonyl (C=O) groups is 1. The molecule has 0 unspecified atom stereocenters. The highest BCUT2D eigenvalue weighted by Crippen LogP contribution is 2.32. The van der Waals surface area contributed by atoms with Crippen molar-refractivity contribution in [2.75, 3.05) is 19.8 Å². The average Bonchev–Trinajstić information content (AvgIpc) is 2.62. The molecule has 1 aliphatic rings. The summed E-state index contributed by atoms with van der Waals surface area (Å²) < 4.78 is 11.5. The molecular formula is C20H29NO4. The van der Waals surface area contributed by atoms with Crippen LogP contribution in [0.15, 0.2) is 42.2 Å². The van der Waals surface area contributed by atoms with Crippen LogP contribution in [0.4, 0.5) is 0 Å². The highest BCUT2D eigenvalue weighted by atomic mass is 16.7. The van der Waals surface area contributed by atoms with E-state index in [0.29, 0.717) is 25.3 Å². The summed E-state index contributed by atoms with van der Waals surface area (Å²) in [5, 5.41) is 12.0. The zero-order valence-corrected chi connectivity index (χ0v) is 15.1. The monoisotopic (exact) mass is 347 g/mol. The van der Waals surface area contributed by atoms with Crippen LogP contribution in [0.2, 0.25) is 0 Å². The molecule has 1 aromatic carbocycles. The van der Waals surface area contributed by atoms with E-state index in [1.54, 1.807) is 0 Å². The Labute approximate surface area is 150 Å². The fourth-order valence-corrected chi connectivity index (χ4v) is 3.09. The van der Waals surface area contributed by atoms with Gasteiger partial charge in [0.15, 0.2) is 5.76 Å². The maximum atomic E-state index is 12.4. The Kier molecular flexibility index (Phi) is 7.95. The minimum absolute atomic E-state index is 0.146. The van der Waals surface area contributed by atoms with Crippen LogP contribution in [0.5, 0.6) is 0 Å². The summed E-state index contributed by atoms with van der Waals surface area (Å²) in [5.74, 6) is 0.437. The Morgan fingerprint density at radius 3 is 2.76 bits per heavy atom. The van der Waals surface area contributed by atoms with Crippen molar-refractivity contribution >= 4 is 5.91 Å². The normalized spacial score (nSPS) is 22.8. The van der Waals surface area contributed by atoms with Crippen molar-refractivity contribution in [3.05, 3.63) is 47.7 Å². The first kappa shape index (κ1) is 19.5. The van der Waals surface area contributed by atoms with Gasteiger partial charge in [-0.2, -0.15) is 0 Å². The molecule has 0 aliphatic carbocycles. The smallest absolute Gasteiger partial charge is 0.286 e. The lowest BCUT2D eigenvalue weighted by Crippen LogP contribution is -2.39. The number of nitrogens with one attached hydrogen (secondary N) is 1. The van der Waals surface area contributed by atoms with E-state index in [4.69, 9.17) is 14.6 Å². The molecule has 138 valence electrons. The molecule has 2 rings (SSSR count). The number of amides is 1. The molecule has 2 N–H and O–H groups in total. The number of allylic oxidation sites excluding steroid dienone is 1. The average molecular weight is 347 g/mol. The molecule has 5 nitrogen and oxygen atoms in total. The van der Waals surface area contributed by atoms with E-state index in [2.05, 4.69) is 12.2 Å². The number of carbonyl (C=O) groups excluding carboxylic acids is 1. The Morgan fingerprint density at radius 2 is 2.08 bits per heavy atom. The summed E-state index contributed by atoms with van der Waals surface area (Å²) in [6.45, 7) is 5.21. The number of benzene rings is 1. The van der Waals surface area contributed by atoms with Crippen LogP contribution in [0.3, 0.4) is 0 Å². The van der Waals surface area contributed by atoms with Gasteiger partial charge in [-0.05, 0) is 43.7 Å². The zero-order valence-electron chi connectivity index (χ0n) is 15.1. The fraction of sp³-hybridized carbons (Fsp3) is 0.550. The van der Waals surface area contributed by atoms with E-state index in [1.807, 2.05) is 43.3 Å². The molecular weight excluding hydrogens is 318 g/mol. The second-order valence-electron chi connectivity index (χ2n) is 6.35. The molecule has 5 heteroatoms. The third-order valence-corrected chi connectivity index (χ3v) is 4.47. The van der Waals surface area contributed by atoms with Crippen molar-refractivity contribution in [3.63, 3.8) is 0 Å². The van der Waals surface area contributed by atoms with E-state index in [0.717, 1.165) is 12.8 Å². The molecule has 0 bridgehead atoms. The van der Waals surface area contributed by atoms with Gasteiger partial charge in [0.2, 0.25) is 6.29 Å². The number of hydrogen-bond acceptors (Lipinski definition) is 4. The van der Waals surface area contributed by atoms with E-state index in [1.165, 1.54) is 5.56 Å². The quantitative estimate of drug-likeness (QED) is 0.721. The van der Waals surface area contributed by atoms with E-state index in [-0.39, 0.29) is 24.3 Å². The van der Waals surface area contributed by atoms with Crippen LogP contribution < -0.4 is 5.32 Å². The van der Waals surface area contributed by atoms with Gasteiger partial charge in [-0.15, -0.1) is 0 Å². The predicted molar refractivity (Wildman–Crippen MR) is 96.7 cm³/mol. The molecule has 3 atom stereocenters. The maximum Gasteiger partial charge on any atom is 0.286 e. The number of aliphatic hydroxyl groups excluding tert-OH is 1. The molecule has 0 aromatic heterocycles. The standard InChI is InChI=1S/C20H29NO4/c1-3-24-20-17(10-7-13-22)15(2)14-18(25-20)19(23)21-12-11-16-8-5-4-6-9-16/h4-6,8-9,14-15,17,20,22H,3,7,10-13H2,1-2H3,(H,21,23)/t15-,17+,20+/m0/s1. The molecule has 1 heterocycles. The van der Waals surface area contributed by atoms with Crippen LogP contribution in [-0.4, -0.2) is 37.1 Å². The lowest BCUT2D eigenvalue weighted by atomic mass is 9.87. The van der Waals surface area contributed by atoms with Gasteiger partial charge < -0.3 is 19.9 Å². The fourth-order valence-electron chi connectivity index (χ4n) is 3.09. The summed E-state index contributed by atoms with van der Waals surface area (Å²) in [6, 6.07) is 10.0. The Morgan fingerprint density at radius 1 is 1.32 bits per heavy atom. The summed E-state index contributed by atoms with van der Waals surface area (Å²) in [6.07, 6.45) is 3.72. The largest absolute Gasteiger partial charge is 0.459 e.